The number of thioether (sulfide) groups is 1. The van der Waals surface area contributed by atoms with Gasteiger partial charge in [-0.05, 0) is 24.6 Å². The van der Waals surface area contributed by atoms with Crippen molar-refractivity contribution in [2.75, 3.05) is 17.7 Å². The van der Waals surface area contributed by atoms with Crippen molar-refractivity contribution in [1.29, 1.82) is 0 Å². The minimum atomic E-state index is -0.455. The number of pyridine rings is 1. The molecule has 0 saturated heterocycles. The summed E-state index contributed by atoms with van der Waals surface area (Å²) in [6.45, 7) is 2.01. The van der Waals surface area contributed by atoms with Gasteiger partial charge in [-0.1, -0.05) is 48.2 Å². The number of hydrogen-bond acceptors (Lipinski definition) is 7. The molecule has 0 unspecified atom stereocenters. The van der Waals surface area contributed by atoms with Gasteiger partial charge in [0.2, 0.25) is 5.91 Å². The van der Waals surface area contributed by atoms with Crippen LogP contribution in [0.4, 0.5) is 5.00 Å². The maximum atomic E-state index is 12.6. The summed E-state index contributed by atoms with van der Waals surface area (Å²) in [6.07, 6.45) is 1.85. The van der Waals surface area contributed by atoms with E-state index in [0.29, 0.717) is 15.7 Å². The topological polar surface area (TPSA) is 85.6 Å². The van der Waals surface area contributed by atoms with Crippen molar-refractivity contribution in [2.45, 2.75) is 12.1 Å². The summed E-state index contributed by atoms with van der Waals surface area (Å²) in [5.41, 5.74) is 2.72. The quantitative estimate of drug-likeness (QED) is 0.341. The number of thiophene rings is 1. The molecule has 4 rings (SSSR count). The Morgan fingerprint density at radius 1 is 1.13 bits per heavy atom. The Hall–Kier alpha value is -3.17. The molecule has 0 atom stereocenters. The molecule has 9 heteroatoms. The molecular weight excluding hydrogens is 420 g/mol. The molecule has 30 heavy (non-hydrogen) atoms. The Balaban J connectivity index is 1.52. The van der Waals surface area contributed by atoms with Crippen LogP contribution in [-0.4, -0.2) is 38.8 Å². The van der Waals surface area contributed by atoms with Crippen LogP contribution in [0.3, 0.4) is 0 Å². The number of nitrogens with zero attached hydrogens (tertiary/aromatic N) is 3. The number of hydrogen-bond donors (Lipinski definition) is 1. The highest BCUT2D eigenvalue weighted by Gasteiger charge is 2.23. The molecule has 0 aliphatic carbocycles. The van der Waals surface area contributed by atoms with Crippen LogP contribution in [0.25, 0.3) is 16.8 Å². The number of ether oxygens (including phenoxy) is 1. The maximum Gasteiger partial charge on any atom is 0.341 e. The molecule has 0 aliphatic heterocycles. The van der Waals surface area contributed by atoms with Gasteiger partial charge >= 0.3 is 5.97 Å². The highest BCUT2D eigenvalue weighted by atomic mass is 32.2. The third kappa shape index (κ3) is 4.22. The van der Waals surface area contributed by atoms with Crippen LogP contribution in [0.2, 0.25) is 0 Å². The smallest absolute Gasteiger partial charge is 0.341 e. The predicted octanol–water partition coefficient (Wildman–Crippen LogP) is 4.37. The summed E-state index contributed by atoms with van der Waals surface area (Å²) >= 11 is 2.58. The zero-order valence-corrected chi connectivity index (χ0v) is 17.7. The van der Waals surface area contributed by atoms with Crippen LogP contribution in [0.15, 0.2) is 65.3 Å². The summed E-state index contributed by atoms with van der Waals surface area (Å²) in [7, 11) is 0. The van der Waals surface area contributed by atoms with E-state index < -0.39 is 5.97 Å². The molecular formula is C21H18N4O3S2. The molecule has 0 radical (unpaired) electrons. The Morgan fingerprint density at radius 3 is 2.73 bits per heavy atom. The Bertz CT molecular complexity index is 1190. The minimum absolute atomic E-state index is 0.135. The van der Waals surface area contributed by atoms with E-state index in [9.17, 15) is 9.59 Å². The van der Waals surface area contributed by atoms with Gasteiger partial charge in [-0.3, -0.25) is 9.20 Å². The number of rotatable bonds is 7. The standard InChI is InChI=1S/C21H18N4O3S2/c1-2-28-20(27)18-15(14-8-4-3-5-9-14)12-29-19(18)22-17(26)13-30-21-24-23-16-10-6-7-11-25(16)21/h3-12H,2,13H2,1H3,(H,22,26). The third-order valence-electron chi connectivity index (χ3n) is 4.22. The lowest BCUT2D eigenvalue weighted by Gasteiger charge is -2.08. The number of carbonyl (C=O) groups excluding carboxylic acids is 2. The van der Waals surface area contributed by atoms with Crippen LogP contribution in [0.1, 0.15) is 17.3 Å². The van der Waals surface area contributed by atoms with E-state index in [1.54, 1.807) is 6.92 Å². The van der Waals surface area contributed by atoms with Crippen molar-refractivity contribution in [3.05, 3.63) is 65.7 Å². The Labute approximate surface area is 181 Å². The van der Waals surface area contributed by atoms with Crippen molar-refractivity contribution in [3.8, 4) is 11.1 Å². The molecule has 0 bridgehead atoms. The highest BCUT2D eigenvalue weighted by molar-refractivity contribution is 7.99. The summed E-state index contributed by atoms with van der Waals surface area (Å²) in [5.74, 6) is -0.556. The van der Waals surface area contributed by atoms with Gasteiger partial charge in [-0.15, -0.1) is 21.5 Å². The summed E-state index contributed by atoms with van der Waals surface area (Å²) in [5, 5.41) is 14.0. The van der Waals surface area contributed by atoms with E-state index in [1.165, 1.54) is 23.1 Å². The van der Waals surface area contributed by atoms with Crippen LogP contribution >= 0.6 is 23.1 Å². The molecule has 1 aromatic carbocycles. The van der Waals surface area contributed by atoms with Crippen molar-refractivity contribution in [2.24, 2.45) is 0 Å². The molecule has 3 heterocycles. The predicted molar refractivity (Wildman–Crippen MR) is 118 cm³/mol. The van der Waals surface area contributed by atoms with Crippen LogP contribution < -0.4 is 5.32 Å². The van der Waals surface area contributed by atoms with Crippen LogP contribution in [-0.2, 0) is 9.53 Å². The molecule has 3 aromatic heterocycles. The third-order valence-corrected chi connectivity index (χ3v) is 6.06. The van der Waals surface area contributed by atoms with Crippen molar-refractivity contribution in [3.63, 3.8) is 0 Å². The average Bonchev–Trinajstić information content (AvgIpc) is 3.37. The van der Waals surface area contributed by atoms with E-state index in [0.717, 1.165) is 16.8 Å². The number of benzene rings is 1. The number of fused-ring (bicyclic) bond motifs is 1. The molecule has 4 aromatic rings. The van der Waals surface area contributed by atoms with Gasteiger partial charge in [0.05, 0.1) is 12.4 Å². The van der Waals surface area contributed by atoms with Crippen molar-refractivity contribution in [1.82, 2.24) is 14.6 Å². The average molecular weight is 439 g/mol. The number of aromatic nitrogens is 3. The van der Waals surface area contributed by atoms with Gasteiger partial charge in [-0.25, -0.2) is 4.79 Å². The molecule has 1 N–H and O–H groups in total. The first-order valence-electron chi connectivity index (χ1n) is 9.23. The second-order valence-electron chi connectivity index (χ2n) is 6.19. The number of amides is 1. The minimum Gasteiger partial charge on any atom is -0.462 e. The summed E-state index contributed by atoms with van der Waals surface area (Å²) in [6, 6.07) is 15.2. The van der Waals surface area contributed by atoms with Crippen molar-refractivity contribution < 1.29 is 14.3 Å². The van der Waals surface area contributed by atoms with Gasteiger partial charge in [0.1, 0.15) is 10.6 Å². The lowest BCUT2D eigenvalue weighted by molar-refractivity contribution is -0.113. The Morgan fingerprint density at radius 2 is 1.93 bits per heavy atom. The van der Waals surface area contributed by atoms with Gasteiger partial charge in [0.25, 0.3) is 0 Å². The first-order valence-corrected chi connectivity index (χ1v) is 11.1. The molecule has 0 saturated carbocycles. The Kier molecular flexibility index (Phi) is 6.10. The monoisotopic (exact) mass is 438 g/mol. The van der Waals surface area contributed by atoms with E-state index in [-0.39, 0.29) is 18.3 Å². The van der Waals surface area contributed by atoms with Gasteiger partial charge in [0, 0.05) is 17.1 Å². The van der Waals surface area contributed by atoms with E-state index >= 15 is 0 Å². The number of esters is 1. The fourth-order valence-corrected chi connectivity index (χ4v) is 4.59. The van der Waals surface area contributed by atoms with E-state index in [1.807, 2.05) is 64.5 Å². The number of carbonyl (C=O) groups is 2. The summed E-state index contributed by atoms with van der Waals surface area (Å²) in [4.78, 5) is 25.2. The van der Waals surface area contributed by atoms with Gasteiger partial charge in [-0.2, -0.15) is 0 Å². The second kappa shape index (κ2) is 9.10. The lowest BCUT2D eigenvalue weighted by atomic mass is 10.0. The van der Waals surface area contributed by atoms with E-state index in [4.69, 9.17) is 4.74 Å². The molecule has 0 spiro atoms. The molecule has 1 amide bonds. The second-order valence-corrected chi connectivity index (χ2v) is 8.01. The number of anilines is 1. The fourth-order valence-electron chi connectivity index (χ4n) is 2.90. The molecule has 0 aliphatic rings. The highest BCUT2D eigenvalue weighted by Crippen LogP contribution is 2.36. The lowest BCUT2D eigenvalue weighted by Crippen LogP contribution is -2.16. The normalized spacial score (nSPS) is 10.8. The van der Waals surface area contributed by atoms with Crippen LogP contribution in [0.5, 0.6) is 0 Å². The first kappa shape index (κ1) is 20.1. The molecule has 152 valence electrons. The van der Waals surface area contributed by atoms with Gasteiger partial charge in [0.15, 0.2) is 10.8 Å². The fraction of sp³-hybridized carbons (Fsp3) is 0.143. The largest absolute Gasteiger partial charge is 0.462 e. The number of nitrogens with one attached hydrogen (secondary N) is 1. The zero-order chi connectivity index (χ0) is 20.9. The molecule has 7 nitrogen and oxygen atoms in total. The maximum absolute atomic E-state index is 12.6. The van der Waals surface area contributed by atoms with Crippen LogP contribution in [0, 0.1) is 0 Å². The summed E-state index contributed by atoms with van der Waals surface area (Å²) < 4.78 is 7.05. The van der Waals surface area contributed by atoms with Crippen molar-refractivity contribution >= 4 is 45.6 Å². The first-order chi connectivity index (χ1) is 14.7. The van der Waals surface area contributed by atoms with E-state index in [2.05, 4.69) is 15.5 Å². The SMILES string of the molecule is CCOC(=O)c1c(-c2ccccc2)csc1NC(=O)CSc1nnc2ccccn12. The van der Waals surface area contributed by atoms with Gasteiger partial charge < -0.3 is 10.1 Å². The zero-order valence-electron chi connectivity index (χ0n) is 16.1. The molecule has 0 fully saturated rings.